The minimum Gasteiger partial charge on any atom is -0.494 e. The van der Waals surface area contributed by atoms with Crippen molar-refractivity contribution in [2.75, 3.05) is 14.2 Å². The molecule has 22 heavy (non-hydrogen) atoms. The number of benzene rings is 2. The van der Waals surface area contributed by atoms with E-state index in [1.165, 1.54) is 7.11 Å². The molecular formula is C14H10BF5O2. The fourth-order valence-electron chi connectivity index (χ4n) is 2.06. The smallest absolute Gasteiger partial charge is 0.205 e. The van der Waals surface area contributed by atoms with Crippen LogP contribution in [0.2, 0.25) is 0 Å². The van der Waals surface area contributed by atoms with E-state index in [-0.39, 0.29) is 11.2 Å². The summed E-state index contributed by atoms with van der Waals surface area (Å²) < 4.78 is 77.3. The number of hydrogen-bond donors (Lipinski definition) is 0. The molecule has 0 aromatic heterocycles. The standard InChI is InChI=1S/C14H10BF5O2/c1-21-11-3-6(7(16)4-8(11)17)15-12-13(20)9(18)5-10(19)14(12)22-2/h3-5,15H,1-2H3. The van der Waals surface area contributed by atoms with E-state index in [9.17, 15) is 22.0 Å². The van der Waals surface area contributed by atoms with E-state index in [1.54, 1.807) is 0 Å². The van der Waals surface area contributed by atoms with Gasteiger partial charge in [0, 0.05) is 17.6 Å². The van der Waals surface area contributed by atoms with Crippen molar-refractivity contribution in [1.82, 2.24) is 0 Å². The summed E-state index contributed by atoms with van der Waals surface area (Å²) in [5.74, 6) is -6.66. The van der Waals surface area contributed by atoms with E-state index in [1.807, 2.05) is 0 Å². The third-order valence-electron chi connectivity index (χ3n) is 3.11. The number of ether oxygens (including phenoxy) is 2. The Kier molecular flexibility index (Phi) is 4.58. The van der Waals surface area contributed by atoms with Crippen LogP contribution in [0.15, 0.2) is 18.2 Å². The highest BCUT2D eigenvalue weighted by molar-refractivity contribution is 6.68. The van der Waals surface area contributed by atoms with E-state index >= 15 is 0 Å². The first-order valence-corrected chi connectivity index (χ1v) is 6.11. The molecule has 0 aliphatic rings. The molecule has 2 rings (SSSR count). The minimum absolute atomic E-state index is 0.194. The van der Waals surface area contributed by atoms with Crippen molar-refractivity contribution in [3.05, 3.63) is 47.3 Å². The molecule has 0 N–H and O–H groups in total. The van der Waals surface area contributed by atoms with Crippen LogP contribution in [0.4, 0.5) is 22.0 Å². The topological polar surface area (TPSA) is 18.5 Å². The van der Waals surface area contributed by atoms with E-state index < -0.39 is 47.6 Å². The largest absolute Gasteiger partial charge is 0.494 e. The van der Waals surface area contributed by atoms with Gasteiger partial charge in [-0.2, -0.15) is 0 Å². The molecule has 8 heteroatoms. The normalized spacial score (nSPS) is 10.5. The van der Waals surface area contributed by atoms with Crippen LogP contribution in [0, 0.1) is 29.1 Å². The molecule has 0 saturated carbocycles. The van der Waals surface area contributed by atoms with Crippen LogP contribution in [-0.2, 0) is 0 Å². The maximum absolute atomic E-state index is 13.9. The lowest BCUT2D eigenvalue weighted by atomic mass is 9.63. The van der Waals surface area contributed by atoms with Crippen LogP contribution in [0.3, 0.4) is 0 Å². The summed E-state index contributed by atoms with van der Waals surface area (Å²) in [4.78, 5) is 0. The lowest BCUT2D eigenvalue weighted by Crippen LogP contribution is -2.34. The summed E-state index contributed by atoms with van der Waals surface area (Å²) in [7, 11) is 1.70. The Morgan fingerprint density at radius 2 is 1.41 bits per heavy atom. The molecular weight excluding hydrogens is 306 g/mol. The van der Waals surface area contributed by atoms with Gasteiger partial charge in [0.15, 0.2) is 34.8 Å². The third kappa shape index (κ3) is 2.86. The fourth-order valence-corrected chi connectivity index (χ4v) is 2.06. The molecule has 116 valence electrons. The van der Waals surface area contributed by atoms with Gasteiger partial charge < -0.3 is 9.47 Å². The Labute approximate surface area is 123 Å². The van der Waals surface area contributed by atoms with Gasteiger partial charge in [-0.15, -0.1) is 0 Å². The molecule has 2 aromatic rings. The average molecular weight is 316 g/mol. The quantitative estimate of drug-likeness (QED) is 0.486. The number of halogens is 5. The average Bonchev–Trinajstić information content (AvgIpc) is 2.47. The van der Waals surface area contributed by atoms with Gasteiger partial charge in [-0.3, -0.25) is 0 Å². The van der Waals surface area contributed by atoms with E-state index in [0.29, 0.717) is 12.1 Å². The van der Waals surface area contributed by atoms with Crippen LogP contribution in [0.5, 0.6) is 11.5 Å². The predicted molar refractivity (Wildman–Crippen MR) is 72.2 cm³/mol. The van der Waals surface area contributed by atoms with Crippen molar-refractivity contribution in [1.29, 1.82) is 0 Å². The number of hydrogen-bond acceptors (Lipinski definition) is 2. The van der Waals surface area contributed by atoms with Crippen LogP contribution in [0.25, 0.3) is 0 Å². The summed E-state index contributed by atoms with van der Waals surface area (Å²) >= 11 is 0. The zero-order valence-electron chi connectivity index (χ0n) is 11.6. The van der Waals surface area contributed by atoms with Gasteiger partial charge in [0.05, 0.1) is 14.2 Å². The van der Waals surface area contributed by atoms with Gasteiger partial charge in [-0.25, -0.2) is 22.0 Å². The molecule has 0 unspecified atom stereocenters. The summed E-state index contributed by atoms with van der Waals surface area (Å²) in [6.45, 7) is 0. The van der Waals surface area contributed by atoms with Crippen molar-refractivity contribution in [3.8, 4) is 11.5 Å². The molecule has 0 radical (unpaired) electrons. The van der Waals surface area contributed by atoms with Gasteiger partial charge in [0.2, 0.25) is 7.28 Å². The van der Waals surface area contributed by atoms with Crippen molar-refractivity contribution in [2.45, 2.75) is 0 Å². The SMILES string of the molecule is COc1cc(Bc2c(F)c(F)cc(F)c2OC)c(F)cc1F. The van der Waals surface area contributed by atoms with Gasteiger partial charge >= 0.3 is 0 Å². The van der Waals surface area contributed by atoms with Crippen LogP contribution < -0.4 is 20.4 Å². The fraction of sp³-hybridized carbons (Fsp3) is 0.143. The van der Waals surface area contributed by atoms with Crippen molar-refractivity contribution >= 4 is 18.2 Å². The van der Waals surface area contributed by atoms with Crippen molar-refractivity contribution in [2.24, 2.45) is 0 Å². The van der Waals surface area contributed by atoms with Gasteiger partial charge in [-0.05, 0) is 11.5 Å². The highest BCUT2D eigenvalue weighted by Crippen LogP contribution is 2.19. The van der Waals surface area contributed by atoms with E-state index in [2.05, 4.69) is 0 Å². The maximum atomic E-state index is 13.9. The molecule has 0 saturated heterocycles. The van der Waals surface area contributed by atoms with Crippen LogP contribution >= 0.6 is 0 Å². The predicted octanol–water partition coefficient (Wildman–Crippen LogP) is 1.79. The monoisotopic (exact) mass is 316 g/mol. The zero-order chi connectivity index (χ0) is 16.4. The summed E-state index contributed by atoms with van der Waals surface area (Å²) in [6.07, 6.45) is 0. The van der Waals surface area contributed by atoms with Crippen LogP contribution in [0.1, 0.15) is 0 Å². The number of methoxy groups -OCH3 is 2. The molecule has 0 heterocycles. The van der Waals surface area contributed by atoms with Gasteiger partial charge in [0.1, 0.15) is 5.82 Å². The molecule has 2 nitrogen and oxygen atoms in total. The Morgan fingerprint density at radius 3 is 2.00 bits per heavy atom. The van der Waals surface area contributed by atoms with Gasteiger partial charge in [0.25, 0.3) is 0 Å². The highest BCUT2D eigenvalue weighted by Gasteiger charge is 2.22. The van der Waals surface area contributed by atoms with Crippen molar-refractivity contribution in [3.63, 3.8) is 0 Å². The van der Waals surface area contributed by atoms with Gasteiger partial charge in [-0.1, -0.05) is 0 Å². The Bertz CT molecular complexity index is 721. The Hall–Kier alpha value is -2.25. The molecule has 0 spiro atoms. The van der Waals surface area contributed by atoms with E-state index in [4.69, 9.17) is 9.47 Å². The Morgan fingerprint density at radius 1 is 0.773 bits per heavy atom. The first-order chi connectivity index (χ1) is 10.4. The molecule has 0 aliphatic heterocycles. The lowest BCUT2D eigenvalue weighted by molar-refractivity contribution is 0.381. The minimum atomic E-state index is -1.43. The first kappa shape index (κ1) is 16.1. The molecule has 2 aromatic carbocycles. The molecule has 0 bridgehead atoms. The zero-order valence-corrected chi connectivity index (χ0v) is 11.6. The Balaban J connectivity index is 2.56. The van der Waals surface area contributed by atoms with Crippen LogP contribution in [-0.4, -0.2) is 21.5 Å². The lowest BCUT2D eigenvalue weighted by Gasteiger charge is -2.12. The maximum Gasteiger partial charge on any atom is 0.205 e. The molecule has 0 amide bonds. The van der Waals surface area contributed by atoms with Crippen molar-refractivity contribution < 1.29 is 31.4 Å². The summed E-state index contributed by atoms with van der Waals surface area (Å²) in [6, 6.07) is 1.87. The second-order valence-electron chi connectivity index (χ2n) is 4.42. The second-order valence-corrected chi connectivity index (χ2v) is 4.42. The summed E-state index contributed by atoms with van der Waals surface area (Å²) in [5, 5.41) is 0. The molecule has 0 atom stereocenters. The first-order valence-electron chi connectivity index (χ1n) is 6.11. The van der Waals surface area contributed by atoms with E-state index in [0.717, 1.165) is 13.2 Å². The molecule has 0 fully saturated rings. The second kappa shape index (κ2) is 6.25. The highest BCUT2D eigenvalue weighted by atomic mass is 19.2. The summed E-state index contributed by atoms with van der Waals surface area (Å²) in [5.41, 5.74) is -0.701. The number of rotatable bonds is 4. The molecule has 0 aliphatic carbocycles. The third-order valence-corrected chi connectivity index (χ3v) is 3.11.